The highest BCUT2D eigenvalue weighted by atomic mass is 16.6. The molecule has 0 N–H and O–H groups in total. The van der Waals surface area contributed by atoms with Crippen LogP contribution in [0.2, 0.25) is 0 Å². The van der Waals surface area contributed by atoms with Gasteiger partial charge in [-0.1, -0.05) is 30.3 Å². The van der Waals surface area contributed by atoms with E-state index in [1.165, 1.54) is 11.8 Å². The quantitative estimate of drug-likeness (QED) is 0.629. The highest BCUT2D eigenvalue weighted by Gasteiger charge is 2.28. The number of nitrogens with zero attached hydrogens (tertiary/aromatic N) is 5. The minimum Gasteiger partial charge on any atom is -0.353 e. The first kappa shape index (κ1) is 16.9. The minimum absolute atomic E-state index is 0.0169. The van der Waals surface area contributed by atoms with E-state index < -0.39 is 4.92 Å². The Labute approximate surface area is 146 Å². The number of hydrogen-bond donors (Lipinski definition) is 0. The minimum atomic E-state index is -0.429. The molecule has 25 heavy (non-hydrogen) atoms. The van der Waals surface area contributed by atoms with Crippen LogP contribution >= 0.6 is 0 Å². The molecule has 0 saturated carbocycles. The van der Waals surface area contributed by atoms with E-state index in [9.17, 15) is 15.4 Å². The summed E-state index contributed by atoms with van der Waals surface area (Å²) >= 11 is 0. The van der Waals surface area contributed by atoms with Crippen molar-refractivity contribution in [3.63, 3.8) is 0 Å². The number of benzene rings is 1. The Balaban J connectivity index is 1.72. The van der Waals surface area contributed by atoms with Crippen LogP contribution in [0, 0.1) is 28.4 Å². The third kappa shape index (κ3) is 3.75. The van der Waals surface area contributed by atoms with Crippen molar-refractivity contribution in [1.29, 1.82) is 5.26 Å². The fourth-order valence-corrected chi connectivity index (χ4v) is 3.06. The Bertz CT molecular complexity index is 803. The van der Waals surface area contributed by atoms with E-state index in [0.29, 0.717) is 17.9 Å². The topological polar surface area (TPSA) is 86.3 Å². The van der Waals surface area contributed by atoms with Crippen molar-refractivity contribution in [2.75, 3.05) is 24.5 Å². The second-order valence-electron chi connectivity index (χ2n) is 6.13. The third-order valence-electron chi connectivity index (χ3n) is 4.46. The predicted molar refractivity (Wildman–Crippen MR) is 94.1 cm³/mol. The lowest BCUT2D eigenvalue weighted by Gasteiger charge is -2.38. The molecule has 7 nitrogen and oxygen atoms in total. The Kier molecular flexibility index (Phi) is 4.91. The summed E-state index contributed by atoms with van der Waals surface area (Å²) in [6, 6.07) is 13.9. The molecule has 2 heterocycles. The molecule has 1 aromatic carbocycles. The molecule has 1 aliphatic rings. The van der Waals surface area contributed by atoms with Gasteiger partial charge in [-0.15, -0.1) is 0 Å². The number of nitro groups is 1. The van der Waals surface area contributed by atoms with Gasteiger partial charge >= 0.3 is 0 Å². The van der Waals surface area contributed by atoms with Crippen molar-refractivity contribution in [3.8, 4) is 6.07 Å². The molecular formula is C18H19N5O2. The largest absolute Gasteiger partial charge is 0.353 e. The van der Waals surface area contributed by atoms with Gasteiger partial charge in [-0.25, -0.2) is 4.98 Å². The number of aryl methyl sites for hydroxylation is 1. The van der Waals surface area contributed by atoms with Crippen LogP contribution in [-0.4, -0.2) is 40.5 Å². The van der Waals surface area contributed by atoms with E-state index >= 15 is 0 Å². The Morgan fingerprint density at radius 1 is 1.36 bits per heavy atom. The van der Waals surface area contributed by atoms with Crippen molar-refractivity contribution in [2.45, 2.75) is 19.5 Å². The maximum atomic E-state index is 10.9. The van der Waals surface area contributed by atoms with E-state index in [4.69, 9.17) is 0 Å². The zero-order valence-electron chi connectivity index (χ0n) is 14.0. The number of pyridine rings is 1. The number of rotatable bonds is 4. The summed E-state index contributed by atoms with van der Waals surface area (Å²) in [5, 5.41) is 20.5. The molecule has 1 unspecified atom stereocenters. The zero-order chi connectivity index (χ0) is 17.8. The van der Waals surface area contributed by atoms with Gasteiger partial charge in [0.15, 0.2) is 0 Å². The van der Waals surface area contributed by atoms with Crippen LogP contribution < -0.4 is 4.90 Å². The van der Waals surface area contributed by atoms with E-state index in [0.717, 1.165) is 19.6 Å². The van der Waals surface area contributed by atoms with Gasteiger partial charge in [-0.2, -0.15) is 5.26 Å². The van der Waals surface area contributed by atoms with Gasteiger partial charge in [0.25, 0.3) is 5.69 Å². The molecular weight excluding hydrogens is 318 g/mol. The average molecular weight is 337 g/mol. The van der Waals surface area contributed by atoms with Gasteiger partial charge in [0, 0.05) is 31.7 Å². The molecule has 1 fully saturated rings. The first-order valence-corrected chi connectivity index (χ1v) is 8.12. The monoisotopic (exact) mass is 337 g/mol. The van der Waals surface area contributed by atoms with Crippen LogP contribution in [0.1, 0.15) is 11.1 Å². The van der Waals surface area contributed by atoms with Crippen LogP contribution in [-0.2, 0) is 6.54 Å². The van der Waals surface area contributed by atoms with Gasteiger partial charge in [-0.05, 0) is 18.6 Å². The molecule has 1 saturated heterocycles. The van der Waals surface area contributed by atoms with Crippen molar-refractivity contribution < 1.29 is 4.92 Å². The van der Waals surface area contributed by atoms with Gasteiger partial charge in [0.2, 0.25) is 0 Å². The fraction of sp³-hybridized carbons (Fsp3) is 0.333. The Morgan fingerprint density at radius 3 is 2.76 bits per heavy atom. The first-order chi connectivity index (χ1) is 12.1. The molecule has 3 rings (SSSR count). The smallest absolute Gasteiger partial charge is 0.290 e. The summed E-state index contributed by atoms with van der Waals surface area (Å²) in [6.45, 7) is 4.45. The number of anilines is 1. The summed E-state index contributed by atoms with van der Waals surface area (Å²) in [4.78, 5) is 18.9. The van der Waals surface area contributed by atoms with Crippen LogP contribution in [0.25, 0.3) is 0 Å². The molecule has 1 atom stereocenters. The lowest BCUT2D eigenvalue weighted by atomic mass is 10.1. The average Bonchev–Trinajstić information content (AvgIpc) is 2.62. The third-order valence-corrected chi connectivity index (χ3v) is 4.46. The summed E-state index contributed by atoms with van der Waals surface area (Å²) < 4.78 is 0. The molecule has 7 heteroatoms. The highest BCUT2D eigenvalue weighted by Crippen LogP contribution is 2.24. The van der Waals surface area contributed by atoms with Crippen LogP contribution in [0.15, 0.2) is 42.6 Å². The number of piperazine rings is 1. The molecule has 1 aliphatic heterocycles. The van der Waals surface area contributed by atoms with Crippen LogP contribution in [0.4, 0.5) is 11.5 Å². The lowest BCUT2D eigenvalue weighted by molar-refractivity contribution is -0.385. The van der Waals surface area contributed by atoms with Crippen LogP contribution in [0.5, 0.6) is 0 Å². The van der Waals surface area contributed by atoms with Gasteiger partial charge in [0.05, 0.1) is 11.0 Å². The summed E-state index contributed by atoms with van der Waals surface area (Å²) in [7, 11) is 0. The van der Waals surface area contributed by atoms with Gasteiger partial charge < -0.3 is 4.90 Å². The lowest BCUT2D eigenvalue weighted by Crippen LogP contribution is -2.52. The van der Waals surface area contributed by atoms with E-state index in [1.807, 2.05) is 23.1 Å². The molecule has 0 aliphatic carbocycles. The van der Waals surface area contributed by atoms with E-state index in [1.54, 1.807) is 13.0 Å². The molecule has 0 amide bonds. The van der Waals surface area contributed by atoms with Crippen LogP contribution in [0.3, 0.4) is 0 Å². The second kappa shape index (κ2) is 7.28. The standard InChI is InChI=1S/C18H19N5O2/c1-14-9-18(20-11-17(14)23(24)25)22-8-7-21(16(10-19)13-22)12-15-5-3-2-4-6-15/h2-6,9,11,16H,7-8,12-13H2,1H3. The SMILES string of the molecule is Cc1cc(N2CCN(Cc3ccccc3)C(C#N)C2)ncc1[N+](=O)[O-]. The van der Waals surface area contributed by atoms with Gasteiger partial charge in [-0.3, -0.25) is 15.0 Å². The highest BCUT2D eigenvalue weighted by molar-refractivity contribution is 5.49. The first-order valence-electron chi connectivity index (χ1n) is 8.12. The van der Waals surface area contributed by atoms with Crippen molar-refractivity contribution in [1.82, 2.24) is 9.88 Å². The molecule has 2 aromatic rings. The fourth-order valence-electron chi connectivity index (χ4n) is 3.06. The normalized spacial score (nSPS) is 17.9. The second-order valence-corrected chi connectivity index (χ2v) is 6.13. The predicted octanol–water partition coefficient (Wildman–Crippen LogP) is 2.51. The Morgan fingerprint density at radius 2 is 2.12 bits per heavy atom. The summed E-state index contributed by atoms with van der Waals surface area (Å²) in [6.07, 6.45) is 1.29. The maximum Gasteiger partial charge on any atom is 0.290 e. The number of nitriles is 1. The van der Waals surface area contributed by atoms with E-state index in [2.05, 4.69) is 28.1 Å². The zero-order valence-corrected chi connectivity index (χ0v) is 14.0. The molecule has 128 valence electrons. The summed E-state index contributed by atoms with van der Waals surface area (Å²) in [5.74, 6) is 0.683. The molecule has 0 radical (unpaired) electrons. The Hall–Kier alpha value is -2.98. The molecule has 1 aromatic heterocycles. The van der Waals surface area contributed by atoms with Crippen molar-refractivity contribution >= 4 is 11.5 Å². The molecule has 0 spiro atoms. The maximum absolute atomic E-state index is 10.9. The van der Waals surface area contributed by atoms with Gasteiger partial charge in [0.1, 0.15) is 18.1 Å². The number of aromatic nitrogens is 1. The summed E-state index contributed by atoms with van der Waals surface area (Å²) in [5.41, 5.74) is 1.78. The number of hydrogen-bond acceptors (Lipinski definition) is 6. The molecule has 0 bridgehead atoms. The van der Waals surface area contributed by atoms with Crippen molar-refractivity contribution in [2.24, 2.45) is 0 Å². The van der Waals surface area contributed by atoms with E-state index in [-0.39, 0.29) is 11.7 Å². The van der Waals surface area contributed by atoms with Crippen molar-refractivity contribution in [3.05, 3.63) is 63.8 Å².